The van der Waals surface area contributed by atoms with Crippen LogP contribution in [-0.4, -0.2) is 16.8 Å². The molecular formula is C16H10BrNO2. The number of rotatable bonds is 2. The predicted octanol–water partition coefficient (Wildman–Crippen LogP) is 3.90. The van der Waals surface area contributed by atoms with E-state index in [9.17, 15) is 9.59 Å². The fraction of sp³-hybridized carbons (Fsp3) is 0. The highest BCUT2D eigenvalue weighted by Crippen LogP contribution is 2.25. The fourth-order valence-corrected chi connectivity index (χ4v) is 2.56. The van der Waals surface area contributed by atoms with Crippen LogP contribution in [0.25, 0.3) is 10.9 Å². The highest BCUT2D eigenvalue weighted by atomic mass is 79.9. The van der Waals surface area contributed by atoms with Gasteiger partial charge in [0.1, 0.15) is 0 Å². The Morgan fingerprint density at radius 2 is 1.85 bits per heavy atom. The summed E-state index contributed by atoms with van der Waals surface area (Å²) < 4.78 is 2.38. The van der Waals surface area contributed by atoms with E-state index in [1.54, 1.807) is 18.3 Å². The monoisotopic (exact) mass is 327 g/mol. The lowest BCUT2D eigenvalue weighted by Crippen LogP contribution is -2.10. The first-order chi connectivity index (χ1) is 9.70. The van der Waals surface area contributed by atoms with Crippen molar-refractivity contribution >= 4 is 39.0 Å². The van der Waals surface area contributed by atoms with Crippen LogP contribution in [0.4, 0.5) is 0 Å². The van der Waals surface area contributed by atoms with E-state index in [-0.39, 0.29) is 5.91 Å². The van der Waals surface area contributed by atoms with E-state index in [1.807, 2.05) is 36.4 Å². The van der Waals surface area contributed by atoms with Gasteiger partial charge in [-0.2, -0.15) is 0 Å². The summed E-state index contributed by atoms with van der Waals surface area (Å²) in [5.41, 5.74) is 1.81. The lowest BCUT2D eigenvalue weighted by atomic mass is 10.2. The van der Waals surface area contributed by atoms with Crippen LogP contribution in [0.15, 0.2) is 59.2 Å². The molecule has 0 aliphatic rings. The number of nitrogens with zero attached hydrogens (tertiary/aromatic N) is 1. The summed E-state index contributed by atoms with van der Waals surface area (Å²) in [6, 6.07) is 14.5. The molecular weight excluding hydrogens is 318 g/mol. The van der Waals surface area contributed by atoms with Crippen LogP contribution >= 0.6 is 15.9 Å². The van der Waals surface area contributed by atoms with Crippen LogP contribution in [0.2, 0.25) is 0 Å². The first kappa shape index (κ1) is 12.8. The Morgan fingerprint density at radius 3 is 2.55 bits per heavy atom. The average molecular weight is 328 g/mol. The van der Waals surface area contributed by atoms with Crippen molar-refractivity contribution in [3.8, 4) is 0 Å². The number of hydrogen-bond donors (Lipinski definition) is 0. The summed E-state index contributed by atoms with van der Waals surface area (Å²) in [5, 5.41) is 0.771. The van der Waals surface area contributed by atoms with E-state index < -0.39 is 0 Å². The molecule has 4 heteroatoms. The van der Waals surface area contributed by atoms with Crippen LogP contribution in [0, 0.1) is 0 Å². The standard InChI is InChI=1S/C16H10BrNO2/c17-13-6-7-14-12(10-19)9-18(15(14)8-13)16(20)11-4-2-1-3-5-11/h1-10H. The summed E-state index contributed by atoms with van der Waals surface area (Å²) in [5.74, 6) is -0.151. The Hall–Kier alpha value is -2.20. The van der Waals surface area contributed by atoms with Gasteiger partial charge in [-0.3, -0.25) is 14.2 Å². The number of benzene rings is 2. The lowest BCUT2D eigenvalue weighted by Gasteiger charge is -2.04. The van der Waals surface area contributed by atoms with Gasteiger partial charge in [-0.1, -0.05) is 40.2 Å². The topological polar surface area (TPSA) is 39.1 Å². The van der Waals surface area contributed by atoms with E-state index >= 15 is 0 Å². The normalized spacial score (nSPS) is 10.7. The zero-order chi connectivity index (χ0) is 14.1. The molecule has 0 bridgehead atoms. The van der Waals surface area contributed by atoms with E-state index in [4.69, 9.17) is 0 Å². The number of carbonyl (C=O) groups excluding carboxylic acids is 2. The van der Waals surface area contributed by atoms with Crippen molar-refractivity contribution in [3.05, 3.63) is 70.3 Å². The van der Waals surface area contributed by atoms with Crippen LogP contribution in [-0.2, 0) is 0 Å². The van der Waals surface area contributed by atoms with Crippen molar-refractivity contribution in [1.82, 2.24) is 4.57 Å². The Balaban J connectivity index is 2.23. The van der Waals surface area contributed by atoms with Crippen molar-refractivity contribution in [2.45, 2.75) is 0 Å². The van der Waals surface area contributed by atoms with Gasteiger partial charge in [-0.25, -0.2) is 0 Å². The molecule has 1 aromatic heterocycles. The van der Waals surface area contributed by atoms with Gasteiger partial charge < -0.3 is 0 Å². The zero-order valence-electron chi connectivity index (χ0n) is 10.4. The molecule has 3 nitrogen and oxygen atoms in total. The van der Waals surface area contributed by atoms with Crippen molar-refractivity contribution < 1.29 is 9.59 Å². The van der Waals surface area contributed by atoms with Gasteiger partial charge in [0.2, 0.25) is 0 Å². The number of halogens is 1. The summed E-state index contributed by atoms with van der Waals surface area (Å²) in [6.07, 6.45) is 2.35. The first-order valence-corrected chi connectivity index (χ1v) is 6.85. The second-order valence-electron chi connectivity index (χ2n) is 4.40. The summed E-state index contributed by atoms with van der Waals surface area (Å²) >= 11 is 3.39. The maximum absolute atomic E-state index is 12.5. The minimum atomic E-state index is -0.151. The van der Waals surface area contributed by atoms with E-state index in [0.29, 0.717) is 11.1 Å². The quantitative estimate of drug-likeness (QED) is 0.669. The maximum Gasteiger partial charge on any atom is 0.262 e. The molecule has 3 rings (SSSR count). The number of carbonyl (C=O) groups is 2. The minimum absolute atomic E-state index is 0.151. The van der Waals surface area contributed by atoms with Gasteiger partial charge in [0, 0.05) is 27.2 Å². The molecule has 1 heterocycles. The third kappa shape index (κ3) is 2.08. The zero-order valence-corrected chi connectivity index (χ0v) is 12.0. The molecule has 0 spiro atoms. The second-order valence-corrected chi connectivity index (χ2v) is 5.32. The molecule has 2 aromatic carbocycles. The van der Waals surface area contributed by atoms with Gasteiger partial charge in [0.05, 0.1) is 5.52 Å². The van der Waals surface area contributed by atoms with E-state index in [1.165, 1.54) is 4.57 Å². The van der Waals surface area contributed by atoms with Crippen LogP contribution in [0.1, 0.15) is 20.7 Å². The predicted molar refractivity (Wildman–Crippen MR) is 81.2 cm³/mol. The summed E-state index contributed by atoms with van der Waals surface area (Å²) in [7, 11) is 0. The van der Waals surface area contributed by atoms with Gasteiger partial charge in [0.15, 0.2) is 6.29 Å². The van der Waals surface area contributed by atoms with Crippen molar-refractivity contribution in [1.29, 1.82) is 0 Å². The number of aldehydes is 1. The largest absolute Gasteiger partial charge is 0.298 e. The van der Waals surface area contributed by atoms with Crippen molar-refractivity contribution in [2.75, 3.05) is 0 Å². The molecule has 0 fully saturated rings. The van der Waals surface area contributed by atoms with Crippen LogP contribution < -0.4 is 0 Å². The molecule has 20 heavy (non-hydrogen) atoms. The molecule has 0 saturated carbocycles. The van der Waals surface area contributed by atoms with Crippen molar-refractivity contribution in [3.63, 3.8) is 0 Å². The van der Waals surface area contributed by atoms with Crippen LogP contribution in [0.3, 0.4) is 0 Å². The molecule has 98 valence electrons. The maximum atomic E-state index is 12.5. The van der Waals surface area contributed by atoms with Crippen LogP contribution in [0.5, 0.6) is 0 Å². The van der Waals surface area contributed by atoms with Gasteiger partial charge >= 0.3 is 0 Å². The summed E-state index contributed by atoms with van der Waals surface area (Å²) in [4.78, 5) is 23.7. The molecule has 0 saturated heterocycles. The van der Waals surface area contributed by atoms with Gasteiger partial charge in [0.25, 0.3) is 5.91 Å². The number of aromatic nitrogens is 1. The lowest BCUT2D eigenvalue weighted by molar-refractivity contribution is 0.0965. The van der Waals surface area contributed by atoms with E-state index in [2.05, 4.69) is 15.9 Å². The molecule has 0 radical (unpaired) electrons. The highest BCUT2D eigenvalue weighted by molar-refractivity contribution is 9.10. The molecule has 0 aliphatic heterocycles. The van der Waals surface area contributed by atoms with Gasteiger partial charge in [-0.15, -0.1) is 0 Å². The summed E-state index contributed by atoms with van der Waals surface area (Å²) in [6.45, 7) is 0. The minimum Gasteiger partial charge on any atom is -0.298 e. The van der Waals surface area contributed by atoms with E-state index in [0.717, 1.165) is 21.7 Å². The molecule has 0 amide bonds. The highest BCUT2D eigenvalue weighted by Gasteiger charge is 2.14. The molecule has 3 aromatic rings. The Kier molecular flexibility index (Phi) is 3.24. The Bertz CT molecular complexity index is 806. The fourth-order valence-electron chi connectivity index (χ4n) is 2.21. The molecule has 0 aliphatic carbocycles. The Morgan fingerprint density at radius 1 is 1.10 bits per heavy atom. The number of hydrogen-bond acceptors (Lipinski definition) is 2. The van der Waals surface area contributed by atoms with Crippen molar-refractivity contribution in [2.24, 2.45) is 0 Å². The second kappa shape index (κ2) is 5.06. The average Bonchev–Trinajstić information content (AvgIpc) is 2.85. The first-order valence-electron chi connectivity index (χ1n) is 6.06. The smallest absolute Gasteiger partial charge is 0.262 e. The number of fused-ring (bicyclic) bond motifs is 1. The molecule has 0 atom stereocenters. The SMILES string of the molecule is O=Cc1cn(C(=O)c2ccccc2)c2cc(Br)ccc12. The molecule has 0 unspecified atom stereocenters. The van der Waals surface area contributed by atoms with Gasteiger partial charge in [-0.05, 0) is 24.3 Å². The third-order valence-corrected chi connectivity index (χ3v) is 3.66. The third-order valence-electron chi connectivity index (χ3n) is 3.17. The Labute approximate surface area is 124 Å². The molecule has 0 N–H and O–H groups in total.